The predicted molar refractivity (Wildman–Crippen MR) is 174 cm³/mol. The third-order valence-electron chi connectivity index (χ3n) is 7.71. The van der Waals surface area contributed by atoms with Crippen LogP contribution in [0.15, 0.2) is 79.1 Å². The van der Waals surface area contributed by atoms with Crippen LogP contribution in [0.25, 0.3) is 10.8 Å². The summed E-state index contributed by atoms with van der Waals surface area (Å²) in [6.07, 6.45) is 7.11. The van der Waals surface area contributed by atoms with Gasteiger partial charge in [-0.25, -0.2) is 4.98 Å². The number of benzene rings is 3. The highest BCUT2D eigenvalue weighted by Gasteiger charge is 2.24. The normalized spacial score (nSPS) is 12.7. The topological polar surface area (TPSA) is 102 Å². The van der Waals surface area contributed by atoms with Crippen LogP contribution in [0.1, 0.15) is 79.8 Å². The Bertz CT molecular complexity index is 1410. The molecule has 0 saturated heterocycles. The lowest BCUT2D eigenvalue weighted by molar-refractivity contribution is -0.123. The van der Waals surface area contributed by atoms with Gasteiger partial charge in [-0.3, -0.25) is 9.59 Å². The maximum atomic E-state index is 13.7. The van der Waals surface area contributed by atoms with Crippen LogP contribution in [0, 0.1) is 0 Å². The van der Waals surface area contributed by atoms with Gasteiger partial charge >= 0.3 is 0 Å². The summed E-state index contributed by atoms with van der Waals surface area (Å²) in [6.45, 7) is 10.7. The molecule has 1 heterocycles. The third-order valence-corrected chi connectivity index (χ3v) is 7.71. The maximum Gasteiger partial charge on any atom is 0.251 e. The van der Waals surface area contributed by atoms with Crippen LogP contribution >= 0.6 is 0 Å². The minimum absolute atomic E-state index is 0.162. The van der Waals surface area contributed by atoms with E-state index in [-0.39, 0.29) is 17.9 Å². The van der Waals surface area contributed by atoms with Gasteiger partial charge in [-0.1, -0.05) is 68.4 Å². The van der Waals surface area contributed by atoms with E-state index in [1.807, 2.05) is 49.4 Å². The van der Waals surface area contributed by atoms with E-state index in [0.717, 1.165) is 66.6 Å². The Hall–Kier alpha value is -4.01. The van der Waals surface area contributed by atoms with E-state index >= 15 is 0 Å². The number of aromatic amines is 1. The summed E-state index contributed by atoms with van der Waals surface area (Å²) < 4.78 is 0. The lowest BCUT2D eigenvalue weighted by atomic mass is 9.99. The summed E-state index contributed by atoms with van der Waals surface area (Å²) in [5.74, 6) is 0.472. The molecule has 8 nitrogen and oxygen atoms in total. The van der Waals surface area contributed by atoms with Crippen LogP contribution < -0.4 is 16.0 Å². The Morgan fingerprint density at radius 3 is 2.35 bits per heavy atom. The number of hydrogen-bond acceptors (Lipinski definition) is 5. The van der Waals surface area contributed by atoms with Gasteiger partial charge in [-0.05, 0) is 86.3 Å². The van der Waals surface area contributed by atoms with Gasteiger partial charge < -0.3 is 25.8 Å². The summed E-state index contributed by atoms with van der Waals surface area (Å²) in [5, 5.41) is 11.8. The van der Waals surface area contributed by atoms with E-state index < -0.39 is 6.04 Å². The van der Waals surface area contributed by atoms with Crippen LogP contribution in [0.2, 0.25) is 0 Å². The van der Waals surface area contributed by atoms with Crippen LogP contribution in [0.4, 0.5) is 0 Å². The Labute approximate surface area is 255 Å². The monoisotopic (exact) mass is 582 g/mol. The molecule has 228 valence electrons. The van der Waals surface area contributed by atoms with Crippen molar-refractivity contribution in [3.8, 4) is 0 Å². The van der Waals surface area contributed by atoms with Crippen LogP contribution in [0.5, 0.6) is 0 Å². The van der Waals surface area contributed by atoms with Crippen molar-refractivity contribution in [2.75, 3.05) is 19.6 Å². The fourth-order valence-corrected chi connectivity index (χ4v) is 5.51. The van der Waals surface area contributed by atoms with Crippen molar-refractivity contribution >= 4 is 22.6 Å². The molecule has 4 N–H and O–H groups in total. The first kappa shape index (κ1) is 31.9. The molecule has 0 aliphatic carbocycles. The molecule has 4 rings (SSSR count). The highest BCUT2D eigenvalue weighted by atomic mass is 16.2. The summed E-state index contributed by atoms with van der Waals surface area (Å²) in [5.41, 5.74) is 2.66. The van der Waals surface area contributed by atoms with Gasteiger partial charge in [0.15, 0.2) is 0 Å². The second kappa shape index (κ2) is 16.6. The molecule has 0 unspecified atom stereocenters. The minimum Gasteiger partial charge on any atom is -0.348 e. The van der Waals surface area contributed by atoms with Crippen LogP contribution in [-0.2, 0) is 17.9 Å². The molecule has 0 aliphatic rings. The molecule has 1 aromatic heterocycles. The SMILES string of the molecule is CCCN(CCC)CCC[C@H](NC(=O)c1ccc(CNCc2ncc[nH]2)cc1)C(=O)N[C@@H](C)c1cccc2ccccc12. The first-order chi connectivity index (χ1) is 21.0. The number of nitrogens with one attached hydrogen (secondary N) is 4. The molecule has 2 amide bonds. The van der Waals surface area contributed by atoms with Gasteiger partial charge in [0.2, 0.25) is 5.91 Å². The van der Waals surface area contributed by atoms with E-state index in [9.17, 15) is 9.59 Å². The Morgan fingerprint density at radius 2 is 1.63 bits per heavy atom. The van der Waals surface area contributed by atoms with Crippen molar-refractivity contribution in [2.24, 2.45) is 0 Å². The van der Waals surface area contributed by atoms with E-state index in [1.165, 1.54) is 0 Å². The average molecular weight is 583 g/mol. The van der Waals surface area contributed by atoms with Crippen molar-refractivity contribution in [3.05, 3.63) is 102 Å². The number of carbonyl (C=O) groups excluding carboxylic acids is 2. The second-order valence-corrected chi connectivity index (χ2v) is 11.1. The summed E-state index contributed by atoms with van der Waals surface area (Å²) in [4.78, 5) is 36.7. The summed E-state index contributed by atoms with van der Waals surface area (Å²) >= 11 is 0. The number of aromatic nitrogens is 2. The molecule has 8 heteroatoms. The quantitative estimate of drug-likeness (QED) is 0.127. The lowest BCUT2D eigenvalue weighted by Gasteiger charge is -2.25. The molecule has 43 heavy (non-hydrogen) atoms. The molecular weight excluding hydrogens is 536 g/mol. The van der Waals surface area contributed by atoms with Crippen molar-refractivity contribution < 1.29 is 9.59 Å². The molecule has 3 aromatic carbocycles. The lowest BCUT2D eigenvalue weighted by Crippen LogP contribution is -2.47. The number of carbonyl (C=O) groups is 2. The van der Waals surface area contributed by atoms with Crippen molar-refractivity contribution in [3.63, 3.8) is 0 Å². The molecule has 0 bridgehead atoms. The van der Waals surface area contributed by atoms with E-state index in [4.69, 9.17) is 0 Å². The first-order valence-corrected chi connectivity index (χ1v) is 15.6. The van der Waals surface area contributed by atoms with Crippen molar-refractivity contribution in [1.29, 1.82) is 0 Å². The fraction of sp³-hybridized carbons (Fsp3) is 0.400. The molecular formula is C35H46N6O2. The number of hydrogen-bond donors (Lipinski definition) is 4. The Balaban J connectivity index is 1.41. The highest BCUT2D eigenvalue weighted by molar-refractivity contribution is 5.97. The number of fused-ring (bicyclic) bond motifs is 1. The number of nitrogens with zero attached hydrogens (tertiary/aromatic N) is 2. The molecule has 0 radical (unpaired) electrons. The smallest absolute Gasteiger partial charge is 0.251 e. The third kappa shape index (κ3) is 9.49. The highest BCUT2D eigenvalue weighted by Crippen LogP contribution is 2.24. The van der Waals surface area contributed by atoms with Crippen molar-refractivity contribution in [1.82, 2.24) is 30.8 Å². The van der Waals surface area contributed by atoms with Gasteiger partial charge in [0, 0.05) is 24.5 Å². The molecule has 2 atom stereocenters. The largest absolute Gasteiger partial charge is 0.348 e. The number of rotatable bonds is 17. The number of amides is 2. The zero-order valence-corrected chi connectivity index (χ0v) is 25.7. The molecule has 4 aromatic rings. The number of H-pyrrole nitrogens is 1. The van der Waals surface area contributed by atoms with Gasteiger partial charge in [-0.2, -0.15) is 0 Å². The Kier molecular flexibility index (Phi) is 12.3. The van der Waals surface area contributed by atoms with Crippen LogP contribution in [0.3, 0.4) is 0 Å². The van der Waals surface area contributed by atoms with Gasteiger partial charge in [0.1, 0.15) is 11.9 Å². The molecule has 0 spiro atoms. The Morgan fingerprint density at radius 1 is 0.884 bits per heavy atom. The first-order valence-electron chi connectivity index (χ1n) is 15.6. The fourth-order valence-electron chi connectivity index (χ4n) is 5.51. The zero-order valence-electron chi connectivity index (χ0n) is 25.7. The summed E-state index contributed by atoms with van der Waals surface area (Å²) in [6, 6.07) is 21.0. The minimum atomic E-state index is -0.635. The average Bonchev–Trinajstić information content (AvgIpc) is 3.54. The van der Waals surface area contributed by atoms with E-state index in [0.29, 0.717) is 25.1 Å². The van der Waals surface area contributed by atoms with Gasteiger partial charge in [-0.15, -0.1) is 0 Å². The summed E-state index contributed by atoms with van der Waals surface area (Å²) in [7, 11) is 0. The second-order valence-electron chi connectivity index (χ2n) is 11.1. The van der Waals surface area contributed by atoms with Crippen LogP contribution in [-0.4, -0.2) is 52.4 Å². The van der Waals surface area contributed by atoms with Gasteiger partial charge in [0.25, 0.3) is 5.91 Å². The predicted octanol–water partition coefficient (Wildman–Crippen LogP) is 5.73. The molecule has 0 saturated carbocycles. The number of imidazole rings is 1. The van der Waals surface area contributed by atoms with E-state index in [2.05, 4.69) is 68.9 Å². The standard InChI is InChI=1S/C35H46N6O2/c1-4-21-41(22-5-2)23-9-14-32(35(43)39-26(3)30-13-8-11-28-10-6-7-12-31(28)30)40-34(42)29-17-15-27(16-18-29)24-36-25-33-37-19-20-38-33/h6-8,10-13,15-20,26,32,36H,4-5,9,14,21-25H2,1-3H3,(H,37,38)(H,39,43)(H,40,42)/t26-,32-/m0/s1. The van der Waals surface area contributed by atoms with Gasteiger partial charge in [0.05, 0.1) is 12.6 Å². The van der Waals surface area contributed by atoms with Crippen molar-refractivity contribution in [2.45, 2.75) is 71.6 Å². The van der Waals surface area contributed by atoms with E-state index in [1.54, 1.807) is 12.4 Å². The zero-order chi connectivity index (χ0) is 30.4. The molecule has 0 fully saturated rings. The maximum absolute atomic E-state index is 13.7. The molecule has 0 aliphatic heterocycles.